The highest BCUT2D eigenvalue weighted by Crippen LogP contribution is 2.17. The Morgan fingerprint density at radius 1 is 1.41 bits per heavy atom. The van der Waals surface area contributed by atoms with Gasteiger partial charge in [0.15, 0.2) is 0 Å². The van der Waals surface area contributed by atoms with Gasteiger partial charge in [-0.3, -0.25) is 9.59 Å². The molecule has 1 fully saturated rings. The first-order valence-corrected chi connectivity index (χ1v) is 8.46. The summed E-state index contributed by atoms with van der Waals surface area (Å²) in [4.78, 5) is 25.9. The smallest absolute Gasteiger partial charge is 0.252 e. The van der Waals surface area contributed by atoms with Gasteiger partial charge in [-0.2, -0.15) is 11.3 Å². The van der Waals surface area contributed by atoms with Gasteiger partial charge in [0.2, 0.25) is 5.91 Å². The number of hydrogen-bond donors (Lipinski definition) is 2. The molecule has 1 aromatic heterocycles. The third-order valence-corrected chi connectivity index (χ3v) is 4.54. The number of rotatable bonds is 6. The molecule has 2 heterocycles. The molecule has 0 aliphatic carbocycles. The molecule has 1 aromatic rings. The maximum Gasteiger partial charge on any atom is 0.252 e. The summed E-state index contributed by atoms with van der Waals surface area (Å²) >= 11 is 1.50. The normalized spacial score (nSPS) is 17.7. The fourth-order valence-electron chi connectivity index (χ4n) is 2.65. The van der Waals surface area contributed by atoms with E-state index in [9.17, 15) is 9.59 Å². The molecule has 2 rings (SSSR count). The monoisotopic (exact) mass is 345 g/mol. The number of nitrogens with zero attached hydrogens (tertiary/aromatic N) is 1. The van der Waals surface area contributed by atoms with Crippen molar-refractivity contribution in [2.75, 3.05) is 19.6 Å². The van der Waals surface area contributed by atoms with Gasteiger partial charge in [-0.15, -0.1) is 12.4 Å². The van der Waals surface area contributed by atoms with Gasteiger partial charge in [-0.05, 0) is 37.1 Å². The minimum atomic E-state index is -0.0680. The van der Waals surface area contributed by atoms with E-state index in [1.54, 1.807) is 6.07 Å². The number of nitrogens with one attached hydrogen (secondary N) is 1. The van der Waals surface area contributed by atoms with E-state index in [0.29, 0.717) is 31.5 Å². The number of carbonyl (C=O) groups excluding carboxylic acids is 2. The Morgan fingerprint density at radius 2 is 2.23 bits per heavy atom. The van der Waals surface area contributed by atoms with E-state index in [4.69, 9.17) is 5.73 Å². The quantitative estimate of drug-likeness (QED) is 0.774. The number of thiophene rings is 1. The maximum atomic E-state index is 12.2. The van der Waals surface area contributed by atoms with Crippen molar-refractivity contribution in [2.45, 2.75) is 38.1 Å². The van der Waals surface area contributed by atoms with Crippen LogP contribution in [0.3, 0.4) is 0 Å². The van der Waals surface area contributed by atoms with Crippen LogP contribution >= 0.6 is 23.7 Å². The highest BCUT2D eigenvalue weighted by atomic mass is 35.5. The number of hydrogen-bond acceptors (Lipinski definition) is 4. The zero-order chi connectivity index (χ0) is 15.1. The predicted molar refractivity (Wildman–Crippen MR) is 91.5 cm³/mol. The predicted octanol–water partition coefficient (Wildman–Crippen LogP) is 2.02. The molecule has 0 bridgehead atoms. The summed E-state index contributed by atoms with van der Waals surface area (Å²) in [5.74, 6) is 0.0939. The molecule has 2 amide bonds. The fourth-order valence-corrected chi connectivity index (χ4v) is 3.29. The third kappa shape index (κ3) is 5.26. The van der Waals surface area contributed by atoms with Crippen LogP contribution in [0.2, 0.25) is 0 Å². The number of nitrogens with two attached hydrogens (primary N) is 1. The minimum absolute atomic E-state index is 0. The van der Waals surface area contributed by atoms with Crippen LogP contribution in [0.25, 0.3) is 0 Å². The van der Waals surface area contributed by atoms with Crippen molar-refractivity contribution in [3.63, 3.8) is 0 Å². The minimum Gasteiger partial charge on any atom is -0.352 e. The molecule has 1 aliphatic rings. The van der Waals surface area contributed by atoms with Gasteiger partial charge >= 0.3 is 0 Å². The van der Waals surface area contributed by atoms with Crippen molar-refractivity contribution in [3.05, 3.63) is 22.4 Å². The lowest BCUT2D eigenvalue weighted by Gasteiger charge is -2.35. The van der Waals surface area contributed by atoms with Crippen LogP contribution in [0.15, 0.2) is 16.8 Å². The lowest BCUT2D eigenvalue weighted by molar-refractivity contribution is -0.134. The summed E-state index contributed by atoms with van der Waals surface area (Å²) in [6.07, 6.45) is 4.37. The molecular weight excluding hydrogens is 322 g/mol. The van der Waals surface area contributed by atoms with Crippen molar-refractivity contribution in [1.82, 2.24) is 10.2 Å². The van der Waals surface area contributed by atoms with Gasteiger partial charge in [0.1, 0.15) is 0 Å². The molecule has 124 valence electrons. The Kier molecular flexibility index (Phi) is 8.45. The number of likely N-dealkylation sites (tertiary alicyclic amines) is 1. The summed E-state index contributed by atoms with van der Waals surface area (Å²) < 4.78 is 0. The summed E-state index contributed by atoms with van der Waals surface area (Å²) in [6.45, 7) is 1.89. The van der Waals surface area contributed by atoms with Gasteiger partial charge in [0.05, 0.1) is 0 Å². The van der Waals surface area contributed by atoms with Crippen LogP contribution in [0.1, 0.15) is 42.5 Å². The zero-order valence-corrected chi connectivity index (χ0v) is 14.3. The van der Waals surface area contributed by atoms with Crippen molar-refractivity contribution >= 4 is 35.6 Å². The van der Waals surface area contributed by atoms with E-state index in [-0.39, 0.29) is 30.3 Å². The topological polar surface area (TPSA) is 75.4 Å². The third-order valence-electron chi connectivity index (χ3n) is 3.86. The molecule has 5 nitrogen and oxygen atoms in total. The maximum absolute atomic E-state index is 12.2. The van der Waals surface area contributed by atoms with E-state index in [0.717, 1.165) is 25.8 Å². The second-order valence-corrected chi connectivity index (χ2v) is 6.12. The van der Waals surface area contributed by atoms with E-state index in [1.807, 2.05) is 15.7 Å². The first kappa shape index (κ1) is 18.9. The number of amides is 2. The van der Waals surface area contributed by atoms with Gasteiger partial charge in [0.25, 0.3) is 5.91 Å². The summed E-state index contributed by atoms with van der Waals surface area (Å²) in [6, 6.07) is 2.00. The molecule has 7 heteroatoms. The lowest BCUT2D eigenvalue weighted by Crippen LogP contribution is -2.47. The largest absolute Gasteiger partial charge is 0.352 e. The molecule has 0 spiro atoms. The molecule has 22 heavy (non-hydrogen) atoms. The van der Waals surface area contributed by atoms with Crippen molar-refractivity contribution in [2.24, 2.45) is 5.73 Å². The Balaban J connectivity index is 0.00000242. The van der Waals surface area contributed by atoms with Crippen LogP contribution in [-0.2, 0) is 4.79 Å². The van der Waals surface area contributed by atoms with Crippen molar-refractivity contribution in [3.8, 4) is 0 Å². The number of halogens is 1. The first-order chi connectivity index (χ1) is 10.2. The van der Waals surface area contributed by atoms with E-state index >= 15 is 0 Å². The van der Waals surface area contributed by atoms with E-state index in [2.05, 4.69) is 5.32 Å². The molecular formula is C15H24ClN3O2S. The van der Waals surface area contributed by atoms with Gasteiger partial charge < -0.3 is 16.0 Å². The summed E-state index contributed by atoms with van der Waals surface area (Å²) in [5, 5.41) is 6.54. The Hall–Kier alpha value is -1.11. The molecule has 0 saturated carbocycles. The average molecular weight is 346 g/mol. The van der Waals surface area contributed by atoms with Gasteiger partial charge in [-0.1, -0.05) is 0 Å². The van der Waals surface area contributed by atoms with Crippen LogP contribution in [0.5, 0.6) is 0 Å². The highest BCUT2D eigenvalue weighted by molar-refractivity contribution is 7.08. The molecule has 0 radical (unpaired) electrons. The standard InChI is InChI=1S/C15H23N3O2S.ClH/c16-10-13-4-1-2-8-18(13)14(19)5-3-7-17-15(20)12-6-9-21-11-12;/h6,9,11,13H,1-5,7-8,10,16H2,(H,17,20);1H. The molecule has 0 aromatic carbocycles. The van der Waals surface area contributed by atoms with Gasteiger partial charge in [0, 0.05) is 43.0 Å². The van der Waals surface area contributed by atoms with E-state index in [1.165, 1.54) is 11.3 Å². The molecule has 1 unspecified atom stereocenters. The Bertz CT molecular complexity index is 467. The van der Waals surface area contributed by atoms with Crippen LogP contribution < -0.4 is 11.1 Å². The SMILES string of the molecule is Cl.NCC1CCCCN1C(=O)CCCNC(=O)c1ccsc1. The average Bonchev–Trinajstić information content (AvgIpc) is 3.05. The fraction of sp³-hybridized carbons (Fsp3) is 0.600. The second-order valence-electron chi connectivity index (χ2n) is 5.34. The number of piperidine rings is 1. The first-order valence-electron chi connectivity index (χ1n) is 7.52. The molecule has 1 saturated heterocycles. The Labute approximate surface area is 141 Å². The molecule has 1 atom stereocenters. The lowest BCUT2D eigenvalue weighted by atomic mass is 10.0. The van der Waals surface area contributed by atoms with Crippen LogP contribution in [0, 0.1) is 0 Å². The van der Waals surface area contributed by atoms with Crippen LogP contribution in [0.4, 0.5) is 0 Å². The Morgan fingerprint density at radius 3 is 2.91 bits per heavy atom. The summed E-state index contributed by atoms with van der Waals surface area (Å²) in [7, 11) is 0. The highest BCUT2D eigenvalue weighted by Gasteiger charge is 2.24. The molecule has 1 aliphatic heterocycles. The second kappa shape index (κ2) is 9.82. The zero-order valence-electron chi connectivity index (χ0n) is 12.6. The van der Waals surface area contributed by atoms with Gasteiger partial charge in [-0.25, -0.2) is 0 Å². The van der Waals surface area contributed by atoms with Crippen molar-refractivity contribution < 1.29 is 9.59 Å². The summed E-state index contributed by atoms with van der Waals surface area (Å²) in [5.41, 5.74) is 6.42. The van der Waals surface area contributed by atoms with Crippen molar-refractivity contribution in [1.29, 1.82) is 0 Å². The van der Waals surface area contributed by atoms with Crippen LogP contribution in [-0.4, -0.2) is 42.4 Å². The molecule has 3 N–H and O–H groups in total. The van der Waals surface area contributed by atoms with E-state index < -0.39 is 0 Å². The number of carbonyl (C=O) groups is 2.